The van der Waals surface area contributed by atoms with Crippen molar-refractivity contribution >= 4 is 17.6 Å². The number of hydrogen-bond donors (Lipinski definition) is 3. The van der Waals surface area contributed by atoms with Gasteiger partial charge in [0.1, 0.15) is 16.8 Å². The van der Waals surface area contributed by atoms with E-state index in [1.165, 1.54) is 6.92 Å². The third-order valence-electron chi connectivity index (χ3n) is 12.6. The van der Waals surface area contributed by atoms with E-state index in [0.717, 1.165) is 0 Å². The number of benzene rings is 1. The number of hydrogen-bond acceptors (Lipinski definition) is 9. The second kappa shape index (κ2) is 9.46. The molecule has 0 aromatic heterocycles. The van der Waals surface area contributed by atoms with Crippen molar-refractivity contribution in [3.8, 4) is 0 Å². The summed E-state index contributed by atoms with van der Waals surface area (Å²) in [5.74, 6) is -1.54. The van der Waals surface area contributed by atoms with Gasteiger partial charge in [0.05, 0.1) is 29.6 Å². The van der Waals surface area contributed by atoms with E-state index in [0.29, 0.717) is 56.4 Å². The van der Waals surface area contributed by atoms with E-state index in [9.17, 15) is 19.8 Å². The fourth-order valence-electron chi connectivity index (χ4n) is 11.6. The van der Waals surface area contributed by atoms with E-state index in [1.807, 2.05) is 0 Å². The number of carbonyl (C=O) groups is 2. The fraction of sp³-hybridized carbons (Fsp3) is 0.750. The van der Waals surface area contributed by atoms with Gasteiger partial charge in [-0.25, -0.2) is 4.79 Å². The van der Waals surface area contributed by atoms with Gasteiger partial charge in [0.15, 0.2) is 0 Å². The van der Waals surface area contributed by atoms with Crippen LogP contribution in [-0.2, 0) is 23.7 Å². The number of esters is 1. The Morgan fingerprint density at radius 2 is 1.83 bits per heavy atom. The lowest BCUT2D eigenvalue weighted by Gasteiger charge is -2.70. The molecule has 42 heavy (non-hydrogen) atoms. The van der Waals surface area contributed by atoms with Crippen LogP contribution < -0.4 is 5.32 Å². The van der Waals surface area contributed by atoms with Crippen LogP contribution in [-0.4, -0.2) is 103 Å². The van der Waals surface area contributed by atoms with Gasteiger partial charge in [0, 0.05) is 76.3 Å². The van der Waals surface area contributed by atoms with E-state index in [2.05, 4.69) is 17.1 Å². The highest BCUT2D eigenvalue weighted by Crippen LogP contribution is 2.79. The number of nitrogens with zero attached hydrogens (tertiary/aromatic N) is 1. The Morgan fingerprint density at radius 1 is 1.07 bits per heavy atom. The van der Waals surface area contributed by atoms with Gasteiger partial charge in [-0.1, -0.05) is 19.1 Å². The lowest BCUT2D eigenvalue weighted by Crippen LogP contribution is -2.83. The Bertz CT molecular complexity index is 1290. The van der Waals surface area contributed by atoms with E-state index in [-0.39, 0.29) is 47.8 Å². The number of anilines is 1. The Morgan fingerprint density at radius 3 is 2.50 bits per heavy atom. The predicted molar refractivity (Wildman–Crippen MR) is 152 cm³/mol. The summed E-state index contributed by atoms with van der Waals surface area (Å²) in [6, 6.07) is 6.89. The van der Waals surface area contributed by atoms with E-state index in [4.69, 9.17) is 18.9 Å². The van der Waals surface area contributed by atoms with Crippen LogP contribution in [0.5, 0.6) is 0 Å². The number of piperidine rings is 1. The standard InChI is InChI=1S/C32H44N2O8/c1-6-34-16-29(42-28(36)18-9-7-8-10-21(18)33-17(2)35)12-11-25(40-4)31-23(29)14-20(26(31)34)30(37)15-22(39-3)19-13-24(31)32(30,38)27(19)41-5/h7-10,19-20,22-27,37-38H,6,11-16H2,1-5H3,(H,33,35)/t19-,20-,22+,23-,24+,25+,26?,27+,29?,30?,31+,32?/m1/s1. The monoisotopic (exact) mass is 584 g/mol. The second-order valence-electron chi connectivity index (χ2n) is 13.7. The van der Waals surface area contributed by atoms with Gasteiger partial charge in [0.2, 0.25) is 5.91 Å². The zero-order chi connectivity index (χ0) is 29.8. The Labute approximate surface area is 247 Å². The maximum atomic E-state index is 14.0. The smallest absolute Gasteiger partial charge is 0.340 e. The number of rotatable bonds is 7. The summed E-state index contributed by atoms with van der Waals surface area (Å²) < 4.78 is 25.1. The van der Waals surface area contributed by atoms with Gasteiger partial charge in [0.25, 0.3) is 0 Å². The number of aliphatic hydroxyl groups is 2. The molecule has 6 fully saturated rings. The second-order valence-corrected chi connectivity index (χ2v) is 13.7. The topological polar surface area (TPSA) is 127 Å². The van der Waals surface area contributed by atoms with Crippen molar-refractivity contribution in [1.82, 2.24) is 4.90 Å². The number of likely N-dealkylation sites (N-methyl/N-ethyl adjacent to an activating group) is 1. The molecular formula is C32H44N2O8. The van der Waals surface area contributed by atoms with Crippen molar-refractivity contribution in [2.75, 3.05) is 39.7 Å². The number of carbonyl (C=O) groups excluding carboxylic acids is 2. The molecule has 230 valence electrons. The number of amides is 1. The Kier molecular flexibility index (Phi) is 6.46. The molecule has 5 saturated carbocycles. The van der Waals surface area contributed by atoms with Crippen molar-refractivity contribution in [3.05, 3.63) is 29.8 Å². The van der Waals surface area contributed by atoms with Gasteiger partial charge < -0.3 is 34.5 Å². The van der Waals surface area contributed by atoms with E-state index in [1.54, 1.807) is 45.6 Å². The quantitative estimate of drug-likeness (QED) is 0.414. The fourth-order valence-corrected chi connectivity index (χ4v) is 11.6. The molecule has 1 aliphatic heterocycles. The molecule has 10 nitrogen and oxygen atoms in total. The summed E-state index contributed by atoms with van der Waals surface area (Å²) in [5.41, 5.74) is -3.57. The van der Waals surface area contributed by atoms with Crippen LogP contribution in [0.1, 0.15) is 56.3 Å². The SMILES string of the molecule is CCN1CC2(OC(=O)c3ccccc3NC(C)=O)CC[C@H](OC)[C@]34C1[C@@H](C[C@H]23)C1(O)C[C@H](OC)[C@H]2C[C@@H]4C1(O)[C@H]2OC. The van der Waals surface area contributed by atoms with Crippen molar-refractivity contribution in [2.45, 2.75) is 87.1 Å². The zero-order valence-corrected chi connectivity index (χ0v) is 25.2. The predicted octanol–water partition coefficient (Wildman–Crippen LogP) is 2.22. The molecular weight excluding hydrogens is 540 g/mol. The largest absolute Gasteiger partial charge is 0.454 e. The third-order valence-corrected chi connectivity index (χ3v) is 12.6. The third kappa shape index (κ3) is 3.21. The van der Waals surface area contributed by atoms with Crippen molar-refractivity contribution in [3.63, 3.8) is 0 Å². The highest BCUT2D eigenvalue weighted by molar-refractivity contribution is 6.00. The first-order valence-electron chi connectivity index (χ1n) is 15.4. The summed E-state index contributed by atoms with van der Waals surface area (Å²) >= 11 is 0. The first-order chi connectivity index (χ1) is 20.1. The Balaban J connectivity index is 1.38. The van der Waals surface area contributed by atoms with Crippen LogP contribution in [0.2, 0.25) is 0 Å². The van der Waals surface area contributed by atoms with Gasteiger partial charge in [-0.2, -0.15) is 0 Å². The number of likely N-dealkylation sites (tertiary alicyclic amines) is 1. The molecule has 0 radical (unpaired) electrons. The molecule has 1 spiro atoms. The highest BCUT2D eigenvalue weighted by Gasteiger charge is 2.89. The van der Waals surface area contributed by atoms with E-state index >= 15 is 0 Å². The minimum Gasteiger partial charge on any atom is -0.454 e. The summed E-state index contributed by atoms with van der Waals surface area (Å²) in [5, 5.41) is 28.4. The zero-order valence-electron chi connectivity index (χ0n) is 25.2. The minimum absolute atomic E-state index is 0.0432. The van der Waals surface area contributed by atoms with Crippen LogP contribution in [0.25, 0.3) is 0 Å². The molecule has 10 heteroatoms. The summed E-state index contributed by atoms with van der Waals surface area (Å²) in [7, 11) is 5.05. The van der Waals surface area contributed by atoms with Crippen LogP contribution in [0.3, 0.4) is 0 Å². The van der Waals surface area contributed by atoms with Crippen molar-refractivity contribution in [1.29, 1.82) is 0 Å². The van der Waals surface area contributed by atoms with Crippen molar-refractivity contribution in [2.24, 2.45) is 29.1 Å². The molecule has 1 amide bonds. The van der Waals surface area contributed by atoms with Gasteiger partial charge >= 0.3 is 5.97 Å². The van der Waals surface area contributed by atoms with Crippen LogP contribution >= 0.6 is 0 Å². The number of methoxy groups -OCH3 is 3. The molecule has 6 aliphatic rings. The Hall–Kier alpha value is -2.08. The maximum Gasteiger partial charge on any atom is 0.340 e. The van der Waals surface area contributed by atoms with Crippen LogP contribution in [0.15, 0.2) is 24.3 Å². The molecule has 1 heterocycles. The number of para-hydroxylation sites is 1. The molecule has 1 aromatic carbocycles. The van der Waals surface area contributed by atoms with E-state index < -0.39 is 34.3 Å². The molecule has 4 unspecified atom stereocenters. The first-order valence-corrected chi connectivity index (χ1v) is 15.4. The number of ether oxygens (including phenoxy) is 4. The van der Waals surface area contributed by atoms with Crippen molar-refractivity contribution < 1.29 is 38.7 Å². The average molecular weight is 585 g/mol. The molecule has 1 saturated heterocycles. The summed E-state index contributed by atoms with van der Waals surface area (Å²) in [6.45, 7) is 4.79. The number of nitrogens with one attached hydrogen (secondary N) is 1. The molecule has 7 rings (SSSR count). The molecule has 3 N–H and O–H groups in total. The normalized spacial score (nSPS) is 48.2. The molecule has 12 atom stereocenters. The first kappa shape index (κ1) is 28.7. The molecule has 1 aromatic rings. The summed E-state index contributed by atoms with van der Waals surface area (Å²) in [6.07, 6.45) is 1.91. The van der Waals surface area contributed by atoms with Gasteiger partial charge in [-0.3, -0.25) is 9.69 Å². The summed E-state index contributed by atoms with van der Waals surface area (Å²) in [4.78, 5) is 28.3. The average Bonchev–Trinajstić information content (AvgIpc) is 3.39. The minimum atomic E-state index is -1.48. The maximum absolute atomic E-state index is 14.0. The molecule has 5 aliphatic carbocycles. The highest BCUT2D eigenvalue weighted by atomic mass is 16.6. The number of fused-ring (bicyclic) bond motifs is 2. The van der Waals surface area contributed by atoms with Gasteiger partial charge in [-0.05, 0) is 44.4 Å². The van der Waals surface area contributed by atoms with Crippen LogP contribution in [0.4, 0.5) is 5.69 Å². The lowest BCUT2D eigenvalue weighted by atomic mass is 9.44. The van der Waals surface area contributed by atoms with Crippen LogP contribution in [0, 0.1) is 29.1 Å². The lowest BCUT2D eigenvalue weighted by molar-refractivity contribution is -0.337. The van der Waals surface area contributed by atoms with Gasteiger partial charge in [-0.15, -0.1) is 0 Å². The molecule has 7 bridgehead atoms.